The van der Waals surface area contributed by atoms with E-state index in [0.717, 1.165) is 24.8 Å². The van der Waals surface area contributed by atoms with Crippen molar-refractivity contribution in [1.29, 1.82) is 0 Å². The van der Waals surface area contributed by atoms with Crippen molar-refractivity contribution in [3.63, 3.8) is 0 Å². The zero-order valence-electron chi connectivity index (χ0n) is 9.92. The van der Waals surface area contributed by atoms with Crippen molar-refractivity contribution >= 4 is 5.78 Å². The maximum Gasteiger partial charge on any atom is 0.165 e. The number of hydrogen-bond acceptors (Lipinski definition) is 1. The van der Waals surface area contributed by atoms with Gasteiger partial charge in [0.1, 0.15) is 0 Å². The minimum atomic E-state index is 0.212. The molecular weight excluding hydrogens is 184 g/mol. The number of ketones is 1. The van der Waals surface area contributed by atoms with Crippen molar-refractivity contribution in [2.75, 3.05) is 0 Å². The molecule has 0 aromatic heterocycles. The fraction of sp³-hybridized carbons (Fsp3) is 0.500. The van der Waals surface area contributed by atoms with Gasteiger partial charge in [0.2, 0.25) is 0 Å². The first-order valence-corrected chi connectivity index (χ1v) is 5.91. The lowest BCUT2D eigenvalue weighted by atomic mass is 9.97. The van der Waals surface area contributed by atoms with E-state index < -0.39 is 0 Å². The topological polar surface area (TPSA) is 17.1 Å². The van der Waals surface area contributed by atoms with Gasteiger partial charge >= 0.3 is 0 Å². The molecule has 0 saturated heterocycles. The Labute approximate surface area is 92.5 Å². The molecule has 82 valence electrons. The molecular formula is C14H20O. The summed E-state index contributed by atoms with van der Waals surface area (Å²) in [6.45, 7) is 6.03. The van der Waals surface area contributed by atoms with Gasteiger partial charge in [0.25, 0.3) is 0 Å². The van der Waals surface area contributed by atoms with E-state index in [1.54, 1.807) is 0 Å². The van der Waals surface area contributed by atoms with Gasteiger partial charge in [-0.05, 0) is 24.8 Å². The highest BCUT2D eigenvalue weighted by molar-refractivity contribution is 5.99. The molecule has 0 spiro atoms. The Kier molecular flexibility index (Phi) is 4.54. The number of rotatable bonds is 0. The van der Waals surface area contributed by atoms with E-state index in [2.05, 4.69) is 6.07 Å². The second-order valence-corrected chi connectivity index (χ2v) is 3.81. The minimum Gasteiger partial charge on any atom is -0.294 e. The lowest BCUT2D eigenvalue weighted by molar-refractivity contribution is 0.0927. The molecule has 1 heteroatoms. The number of hydrogen-bond donors (Lipinski definition) is 0. The Morgan fingerprint density at radius 3 is 2.60 bits per heavy atom. The molecule has 1 atom stereocenters. The maximum absolute atomic E-state index is 11.8. The van der Waals surface area contributed by atoms with Crippen LogP contribution in [0, 0.1) is 5.92 Å². The number of Topliss-reactive ketones (excluding diaryl/α,β-unsaturated/α-hetero) is 1. The first-order chi connectivity index (χ1) is 7.29. The van der Waals surface area contributed by atoms with Crippen LogP contribution < -0.4 is 0 Å². The van der Waals surface area contributed by atoms with Crippen LogP contribution in [0.15, 0.2) is 24.3 Å². The third kappa shape index (κ3) is 2.68. The summed E-state index contributed by atoms with van der Waals surface area (Å²) < 4.78 is 0. The van der Waals surface area contributed by atoms with E-state index in [4.69, 9.17) is 0 Å². The maximum atomic E-state index is 11.8. The average Bonchev–Trinajstić information content (AvgIpc) is 2.44. The smallest absolute Gasteiger partial charge is 0.165 e. The van der Waals surface area contributed by atoms with E-state index in [0.29, 0.717) is 5.78 Å². The van der Waals surface area contributed by atoms with Crippen molar-refractivity contribution in [1.82, 2.24) is 0 Å². The number of benzene rings is 1. The van der Waals surface area contributed by atoms with Gasteiger partial charge < -0.3 is 0 Å². The van der Waals surface area contributed by atoms with E-state index >= 15 is 0 Å². The Balaban J connectivity index is 0.000000531. The first kappa shape index (κ1) is 12.0. The van der Waals surface area contributed by atoms with Crippen LogP contribution in [-0.4, -0.2) is 5.78 Å². The Morgan fingerprint density at radius 2 is 1.87 bits per heavy atom. The molecule has 1 aliphatic carbocycles. The highest BCUT2D eigenvalue weighted by Crippen LogP contribution is 2.23. The second kappa shape index (κ2) is 5.69. The Morgan fingerprint density at radius 1 is 1.20 bits per heavy atom. The Bertz CT molecular complexity index is 328. The van der Waals surface area contributed by atoms with Crippen LogP contribution in [0.5, 0.6) is 0 Å². The monoisotopic (exact) mass is 204 g/mol. The summed E-state index contributed by atoms with van der Waals surface area (Å²) >= 11 is 0. The van der Waals surface area contributed by atoms with Gasteiger partial charge in [0, 0.05) is 11.5 Å². The molecule has 0 aliphatic heterocycles. The van der Waals surface area contributed by atoms with E-state index in [-0.39, 0.29) is 5.92 Å². The lowest BCUT2D eigenvalue weighted by Gasteiger charge is -2.06. The summed E-state index contributed by atoms with van der Waals surface area (Å²) in [4.78, 5) is 11.8. The Hall–Kier alpha value is -1.11. The molecule has 0 N–H and O–H groups in total. The number of fused-ring (bicyclic) bond motifs is 1. The molecule has 1 aromatic carbocycles. The van der Waals surface area contributed by atoms with Gasteiger partial charge in [-0.3, -0.25) is 4.79 Å². The van der Waals surface area contributed by atoms with Crippen molar-refractivity contribution < 1.29 is 4.79 Å². The highest BCUT2D eigenvalue weighted by atomic mass is 16.1. The molecule has 0 amide bonds. The summed E-state index contributed by atoms with van der Waals surface area (Å²) in [7, 11) is 0. The van der Waals surface area contributed by atoms with E-state index in [9.17, 15) is 4.79 Å². The van der Waals surface area contributed by atoms with E-state index in [1.807, 2.05) is 39.0 Å². The minimum absolute atomic E-state index is 0.212. The molecule has 0 radical (unpaired) electrons. The number of aryl methyl sites for hydroxylation is 1. The molecule has 1 aliphatic rings. The number of carbonyl (C=O) groups is 1. The highest BCUT2D eigenvalue weighted by Gasteiger charge is 2.20. The van der Waals surface area contributed by atoms with Gasteiger partial charge in [-0.2, -0.15) is 0 Å². The van der Waals surface area contributed by atoms with Crippen molar-refractivity contribution in [3.8, 4) is 0 Å². The van der Waals surface area contributed by atoms with Crippen LogP contribution in [-0.2, 0) is 6.42 Å². The molecule has 0 fully saturated rings. The predicted molar refractivity (Wildman–Crippen MR) is 64.2 cm³/mol. The van der Waals surface area contributed by atoms with Crippen molar-refractivity contribution in [2.45, 2.75) is 40.0 Å². The third-order valence-corrected chi connectivity index (χ3v) is 2.81. The van der Waals surface area contributed by atoms with Crippen LogP contribution in [0.1, 0.15) is 49.5 Å². The molecule has 15 heavy (non-hydrogen) atoms. The quantitative estimate of drug-likeness (QED) is 0.586. The summed E-state index contributed by atoms with van der Waals surface area (Å²) in [5, 5.41) is 0. The molecule has 2 rings (SSSR count). The van der Waals surface area contributed by atoms with Gasteiger partial charge in [0.05, 0.1) is 0 Å². The molecule has 0 heterocycles. The molecule has 1 nitrogen and oxygen atoms in total. The van der Waals surface area contributed by atoms with Gasteiger partial charge in [0.15, 0.2) is 5.78 Å². The zero-order valence-corrected chi connectivity index (χ0v) is 9.92. The predicted octanol–water partition coefficient (Wildman–Crippen LogP) is 3.87. The van der Waals surface area contributed by atoms with Crippen LogP contribution in [0.25, 0.3) is 0 Å². The SMILES string of the molecule is CC.CC1CCCc2ccccc2C1=O. The largest absolute Gasteiger partial charge is 0.294 e. The fourth-order valence-corrected chi connectivity index (χ4v) is 1.97. The van der Waals surface area contributed by atoms with Gasteiger partial charge in [-0.25, -0.2) is 0 Å². The summed E-state index contributed by atoms with van der Waals surface area (Å²) in [6, 6.07) is 8.00. The van der Waals surface area contributed by atoms with Crippen LogP contribution >= 0.6 is 0 Å². The van der Waals surface area contributed by atoms with Crippen molar-refractivity contribution in [3.05, 3.63) is 35.4 Å². The first-order valence-electron chi connectivity index (χ1n) is 5.91. The fourth-order valence-electron chi connectivity index (χ4n) is 1.97. The van der Waals surface area contributed by atoms with Crippen molar-refractivity contribution in [2.24, 2.45) is 5.92 Å². The number of carbonyl (C=O) groups excluding carboxylic acids is 1. The molecule has 1 unspecified atom stereocenters. The van der Waals surface area contributed by atoms with Gasteiger partial charge in [-0.15, -0.1) is 0 Å². The normalized spacial score (nSPS) is 19.7. The third-order valence-electron chi connectivity index (χ3n) is 2.81. The van der Waals surface area contributed by atoms with Crippen LogP contribution in [0.2, 0.25) is 0 Å². The van der Waals surface area contributed by atoms with Crippen LogP contribution in [0.4, 0.5) is 0 Å². The van der Waals surface area contributed by atoms with Crippen LogP contribution in [0.3, 0.4) is 0 Å². The summed E-state index contributed by atoms with van der Waals surface area (Å²) in [5.41, 5.74) is 2.18. The summed E-state index contributed by atoms with van der Waals surface area (Å²) in [6.07, 6.45) is 3.24. The van der Waals surface area contributed by atoms with Gasteiger partial charge in [-0.1, -0.05) is 45.0 Å². The molecule has 0 saturated carbocycles. The summed E-state index contributed by atoms with van der Waals surface area (Å²) in [5.74, 6) is 0.539. The lowest BCUT2D eigenvalue weighted by Crippen LogP contribution is -2.09. The molecule has 0 bridgehead atoms. The average molecular weight is 204 g/mol. The van der Waals surface area contributed by atoms with E-state index in [1.165, 1.54) is 5.56 Å². The molecule has 1 aromatic rings. The standard InChI is InChI=1S/C12H14O.C2H6/c1-9-5-4-7-10-6-2-3-8-11(10)12(9)13;1-2/h2-3,6,8-9H,4-5,7H2,1H3;1-2H3. The second-order valence-electron chi connectivity index (χ2n) is 3.81. The zero-order chi connectivity index (χ0) is 11.3.